The number of benzene rings is 1. The fraction of sp³-hybridized carbons (Fsp3) is 0.294. The van der Waals surface area contributed by atoms with E-state index in [-0.39, 0.29) is 5.91 Å². The summed E-state index contributed by atoms with van der Waals surface area (Å²) < 4.78 is 0. The Morgan fingerprint density at radius 1 is 1.15 bits per heavy atom. The van der Waals surface area contributed by atoms with Crippen LogP contribution in [-0.4, -0.2) is 10.9 Å². The molecule has 1 aliphatic carbocycles. The molecule has 1 aliphatic heterocycles. The summed E-state index contributed by atoms with van der Waals surface area (Å²) in [6.45, 7) is 4.26. The van der Waals surface area contributed by atoms with Crippen LogP contribution in [0.4, 0.5) is 5.82 Å². The van der Waals surface area contributed by atoms with Crippen LogP contribution >= 0.6 is 0 Å². The molecule has 1 amide bonds. The molecule has 0 radical (unpaired) electrons. The van der Waals surface area contributed by atoms with Crippen molar-refractivity contribution in [2.24, 2.45) is 0 Å². The molecule has 2 aliphatic rings. The molecular weight excluding hydrogens is 248 g/mol. The van der Waals surface area contributed by atoms with Gasteiger partial charge in [0.15, 0.2) is 0 Å². The predicted molar refractivity (Wildman–Crippen MR) is 77.9 cm³/mol. The topological polar surface area (TPSA) is 42.0 Å². The third-order valence-corrected chi connectivity index (χ3v) is 4.79. The van der Waals surface area contributed by atoms with Gasteiger partial charge in [-0.15, -0.1) is 0 Å². The zero-order valence-electron chi connectivity index (χ0n) is 11.7. The SMILES string of the molecule is Cc1cc2c(cc1C)CC1(C2)C(=O)Nc2ncccc21. The fourth-order valence-electron chi connectivity index (χ4n) is 3.57. The molecule has 100 valence electrons. The molecule has 0 unspecified atom stereocenters. The Kier molecular flexibility index (Phi) is 2.15. The molecule has 1 spiro atoms. The summed E-state index contributed by atoms with van der Waals surface area (Å²) in [7, 11) is 0. The summed E-state index contributed by atoms with van der Waals surface area (Å²) in [6, 6.07) is 8.42. The van der Waals surface area contributed by atoms with Gasteiger partial charge in [0.2, 0.25) is 5.91 Å². The van der Waals surface area contributed by atoms with E-state index in [4.69, 9.17) is 0 Å². The third-order valence-electron chi connectivity index (χ3n) is 4.79. The largest absolute Gasteiger partial charge is 0.310 e. The van der Waals surface area contributed by atoms with Gasteiger partial charge in [-0.2, -0.15) is 0 Å². The number of carbonyl (C=O) groups is 1. The first-order chi connectivity index (χ1) is 9.60. The van der Waals surface area contributed by atoms with Crippen LogP contribution in [0.2, 0.25) is 0 Å². The lowest BCUT2D eigenvalue weighted by atomic mass is 9.79. The minimum atomic E-state index is -0.438. The highest BCUT2D eigenvalue weighted by atomic mass is 16.2. The molecule has 2 aromatic rings. The normalized spacial score (nSPS) is 18.0. The Hall–Kier alpha value is -2.16. The molecule has 0 atom stereocenters. The number of anilines is 1. The van der Waals surface area contributed by atoms with Gasteiger partial charge in [-0.05, 0) is 55.0 Å². The van der Waals surface area contributed by atoms with Crippen molar-refractivity contribution >= 4 is 11.7 Å². The number of aromatic nitrogens is 1. The first kappa shape index (κ1) is 11.6. The molecule has 1 aromatic heterocycles. The van der Waals surface area contributed by atoms with E-state index >= 15 is 0 Å². The van der Waals surface area contributed by atoms with E-state index in [1.54, 1.807) is 6.20 Å². The zero-order valence-corrected chi connectivity index (χ0v) is 11.7. The summed E-state index contributed by atoms with van der Waals surface area (Å²) in [4.78, 5) is 16.8. The van der Waals surface area contributed by atoms with Crippen LogP contribution < -0.4 is 5.32 Å². The monoisotopic (exact) mass is 264 g/mol. The van der Waals surface area contributed by atoms with Gasteiger partial charge in [0.25, 0.3) is 0 Å². The Morgan fingerprint density at radius 2 is 1.80 bits per heavy atom. The van der Waals surface area contributed by atoms with E-state index in [9.17, 15) is 4.79 Å². The molecule has 2 heterocycles. The van der Waals surface area contributed by atoms with E-state index < -0.39 is 5.41 Å². The number of nitrogens with zero attached hydrogens (tertiary/aromatic N) is 1. The quantitative estimate of drug-likeness (QED) is 0.795. The average Bonchev–Trinajstić information content (AvgIpc) is 2.91. The van der Waals surface area contributed by atoms with Crippen molar-refractivity contribution in [1.82, 2.24) is 4.98 Å². The number of hydrogen-bond donors (Lipinski definition) is 1. The van der Waals surface area contributed by atoms with E-state index in [0.29, 0.717) is 0 Å². The van der Waals surface area contributed by atoms with E-state index in [1.807, 2.05) is 12.1 Å². The van der Waals surface area contributed by atoms with Crippen LogP contribution in [0.25, 0.3) is 0 Å². The number of rotatable bonds is 0. The van der Waals surface area contributed by atoms with Crippen LogP contribution in [0.15, 0.2) is 30.5 Å². The van der Waals surface area contributed by atoms with Crippen molar-refractivity contribution in [2.75, 3.05) is 5.32 Å². The van der Waals surface area contributed by atoms with E-state index in [0.717, 1.165) is 24.2 Å². The minimum Gasteiger partial charge on any atom is -0.310 e. The number of amides is 1. The third kappa shape index (κ3) is 1.35. The highest BCUT2D eigenvalue weighted by Gasteiger charge is 2.51. The Bertz CT molecular complexity index is 718. The summed E-state index contributed by atoms with van der Waals surface area (Å²) in [6.07, 6.45) is 3.30. The van der Waals surface area contributed by atoms with Crippen LogP contribution in [0.3, 0.4) is 0 Å². The summed E-state index contributed by atoms with van der Waals surface area (Å²) in [5.74, 6) is 0.830. The maximum absolute atomic E-state index is 12.5. The standard InChI is InChI=1S/C17H16N2O/c1-10-6-12-8-17(9-13(12)7-11(10)2)14-4-3-5-18-15(14)19-16(17)20/h3-7H,8-9H2,1-2H3,(H,18,19,20). The molecule has 1 N–H and O–H groups in total. The predicted octanol–water partition coefficient (Wildman–Crippen LogP) is 2.69. The molecule has 3 nitrogen and oxygen atoms in total. The van der Waals surface area contributed by atoms with Crippen LogP contribution in [0.1, 0.15) is 27.8 Å². The lowest BCUT2D eigenvalue weighted by Gasteiger charge is -2.20. The Balaban J connectivity index is 1.88. The van der Waals surface area contributed by atoms with Crippen molar-refractivity contribution in [3.05, 3.63) is 58.3 Å². The summed E-state index contributed by atoms with van der Waals surface area (Å²) in [5, 5.41) is 2.94. The maximum atomic E-state index is 12.5. The highest BCUT2D eigenvalue weighted by Crippen LogP contribution is 2.46. The first-order valence-electron chi connectivity index (χ1n) is 6.96. The average molecular weight is 264 g/mol. The Labute approximate surface area is 118 Å². The van der Waals surface area contributed by atoms with Crippen LogP contribution in [0.5, 0.6) is 0 Å². The van der Waals surface area contributed by atoms with Gasteiger partial charge >= 0.3 is 0 Å². The Morgan fingerprint density at radius 3 is 2.45 bits per heavy atom. The van der Waals surface area contributed by atoms with Gasteiger partial charge < -0.3 is 5.32 Å². The molecule has 4 rings (SSSR count). The highest BCUT2D eigenvalue weighted by molar-refractivity contribution is 6.06. The minimum absolute atomic E-state index is 0.0951. The van der Waals surface area contributed by atoms with Gasteiger partial charge in [0.1, 0.15) is 5.82 Å². The molecule has 1 aromatic carbocycles. The van der Waals surface area contributed by atoms with E-state index in [2.05, 4.69) is 36.3 Å². The first-order valence-corrected chi connectivity index (χ1v) is 6.96. The molecule has 0 saturated heterocycles. The molecule has 3 heteroatoms. The van der Waals surface area contributed by atoms with Crippen molar-refractivity contribution in [3.63, 3.8) is 0 Å². The molecular formula is C17H16N2O. The number of hydrogen-bond acceptors (Lipinski definition) is 2. The molecule has 20 heavy (non-hydrogen) atoms. The van der Waals surface area contributed by atoms with Gasteiger partial charge in [-0.3, -0.25) is 4.79 Å². The fourth-order valence-corrected chi connectivity index (χ4v) is 3.57. The summed E-state index contributed by atoms with van der Waals surface area (Å²) in [5.41, 5.74) is 5.82. The molecule has 0 saturated carbocycles. The van der Waals surface area contributed by atoms with E-state index in [1.165, 1.54) is 22.3 Å². The second kappa shape index (κ2) is 3.69. The molecule has 0 fully saturated rings. The second-order valence-electron chi connectivity index (χ2n) is 5.99. The number of carbonyl (C=O) groups excluding carboxylic acids is 1. The van der Waals surface area contributed by atoms with Gasteiger partial charge in [-0.25, -0.2) is 4.98 Å². The molecule has 0 bridgehead atoms. The number of fused-ring (bicyclic) bond motifs is 3. The van der Waals surface area contributed by atoms with Crippen molar-refractivity contribution in [2.45, 2.75) is 32.1 Å². The maximum Gasteiger partial charge on any atom is 0.237 e. The van der Waals surface area contributed by atoms with Gasteiger partial charge in [0, 0.05) is 11.8 Å². The summed E-state index contributed by atoms with van der Waals surface area (Å²) >= 11 is 0. The lowest BCUT2D eigenvalue weighted by molar-refractivity contribution is -0.120. The van der Waals surface area contributed by atoms with Crippen LogP contribution in [0, 0.1) is 13.8 Å². The van der Waals surface area contributed by atoms with Crippen molar-refractivity contribution in [1.29, 1.82) is 0 Å². The van der Waals surface area contributed by atoms with Gasteiger partial charge in [0.05, 0.1) is 5.41 Å². The number of nitrogens with one attached hydrogen (secondary N) is 1. The number of aryl methyl sites for hydroxylation is 2. The van der Waals surface area contributed by atoms with Crippen molar-refractivity contribution in [3.8, 4) is 0 Å². The van der Waals surface area contributed by atoms with Gasteiger partial charge in [-0.1, -0.05) is 18.2 Å². The lowest BCUT2D eigenvalue weighted by Crippen LogP contribution is -2.35. The smallest absolute Gasteiger partial charge is 0.237 e. The van der Waals surface area contributed by atoms with Crippen molar-refractivity contribution < 1.29 is 4.79 Å². The second-order valence-corrected chi connectivity index (χ2v) is 5.99. The zero-order chi connectivity index (χ0) is 13.9. The number of pyridine rings is 1. The van der Waals surface area contributed by atoms with Crippen LogP contribution in [-0.2, 0) is 23.1 Å².